The number of aryl methyl sites for hydroxylation is 1. The van der Waals surface area contributed by atoms with Gasteiger partial charge in [0.1, 0.15) is 5.82 Å². The van der Waals surface area contributed by atoms with Crippen molar-refractivity contribution in [3.05, 3.63) is 23.8 Å². The summed E-state index contributed by atoms with van der Waals surface area (Å²) >= 11 is 0. The summed E-state index contributed by atoms with van der Waals surface area (Å²) in [6.07, 6.45) is 3.94. The zero-order valence-electron chi connectivity index (χ0n) is 11.3. The second-order valence-corrected chi connectivity index (χ2v) is 7.14. The summed E-state index contributed by atoms with van der Waals surface area (Å²) in [6, 6.07) is 2.23. The maximum Gasteiger partial charge on any atom is 0.215 e. The van der Waals surface area contributed by atoms with Crippen LogP contribution in [-0.4, -0.2) is 36.2 Å². The Morgan fingerprint density at radius 1 is 1.47 bits per heavy atom. The van der Waals surface area contributed by atoms with E-state index in [0.717, 1.165) is 12.8 Å². The standard InChI is InChI=1S/C12H20N4O2S/c1-9(7-14-11-3-4-11)19(17,18)15-8-12-5-6-13-10(2)16-12/h5-6,9,11,14-15H,3-4,7-8H2,1-2H3. The van der Waals surface area contributed by atoms with E-state index in [0.29, 0.717) is 24.1 Å². The molecule has 1 aromatic rings. The third kappa shape index (κ3) is 4.52. The molecule has 0 radical (unpaired) electrons. The lowest BCUT2D eigenvalue weighted by Crippen LogP contribution is -2.39. The fourth-order valence-electron chi connectivity index (χ4n) is 1.65. The van der Waals surface area contributed by atoms with Crippen LogP contribution in [0.1, 0.15) is 31.3 Å². The minimum Gasteiger partial charge on any atom is -0.313 e. The number of nitrogens with one attached hydrogen (secondary N) is 2. The molecule has 0 aromatic carbocycles. The predicted octanol–water partition coefficient (Wildman–Crippen LogP) is 0.345. The van der Waals surface area contributed by atoms with Gasteiger partial charge in [0.2, 0.25) is 10.0 Å². The van der Waals surface area contributed by atoms with Crippen molar-refractivity contribution in [2.75, 3.05) is 6.54 Å². The van der Waals surface area contributed by atoms with Crippen LogP contribution in [0, 0.1) is 6.92 Å². The Labute approximate surface area is 114 Å². The lowest BCUT2D eigenvalue weighted by molar-refractivity contribution is 0.556. The second kappa shape index (κ2) is 5.94. The van der Waals surface area contributed by atoms with Gasteiger partial charge in [-0.25, -0.2) is 23.1 Å². The number of sulfonamides is 1. The minimum atomic E-state index is -3.31. The monoisotopic (exact) mass is 284 g/mol. The summed E-state index contributed by atoms with van der Waals surface area (Å²) in [4.78, 5) is 8.14. The molecule has 1 saturated carbocycles. The van der Waals surface area contributed by atoms with Gasteiger partial charge in [-0.05, 0) is 32.8 Å². The number of rotatable bonds is 7. The fourth-order valence-corrected chi connectivity index (χ4v) is 2.60. The molecule has 1 unspecified atom stereocenters. The first-order valence-electron chi connectivity index (χ1n) is 6.48. The zero-order valence-corrected chi connectivity index (χ0v) is 12.1. The van der Waals surface area contributed by atoms with E-state index in [9.17, 15) is 8.42 Å². The molecule has 19 heavy (non-hydrogen) atoms. The summed E-state index contributed by atoms with van der Waals surface area (Å²) in [5, 5.41) is 2.78. The van der Waals surface area contributed by atoms with Gasteiger partial charge in [-0.3, -0.25) is 0 Å². The van der Waals surface area contributed by atoms with Gasteiger partial charge >= 0.3 is 0 Å². The molecule has 1 heterocycles. The zero-order chi connectivity index (χ0) is 13.9. The Hall–Kier alpha value is -1.05. The van der Waals surface area contributed by atoms with Crippen molar-refractivity contribution in [2.45, 2.75) is 44.5 Å². The molecule has 106 valence electrons. The van der Waals surface area contributed by atoms with E-state index in [1.807, 2.05) is 0 Å². The molecule has 1 fully saturated rings. The first kappa shape index (κ1) is 14.4. The van der Waals surface area contributed by atoms with Crippen molar-refractivity contribution in [2.24, 2.45) is 0 Å². The predicted molar refractivity (Wildman–Crippen MR) is 73.0 cm³/mol. The molecule has 0 bridgehead atoms. The van der Waals surface area contributed by atoms with Crippen LogP contribution in [0.5, 0.6) is 0 Å². The molecule has 6 nitrogen and oxygen atoms in total. The van der Waals surface area contributed by atoms with Gasteiger partial charge in [-0.15, -0.1) is 0 Å². The average Bonchev–Trinajstić information content (AvgIpc) is 3.18. The molecule has 1 atom stereocenters. The Morgan fingerprint density at radius 2 is 2.21 bits per heavy atom. The molecule has 0 spiro atoms. The van der Waals surface area contributed by atoms with Crippen LogP contribution in [0.25, 0.3) is 0 Å². The van der Waals surface area contributed by atoms with Gasteiger partial charge in [0.05, 0.1) is 17.5 Å². The van der Waals surface area contributed by atoms with Crippen LogP contribution in [0.15, 0.2) is 12.3 Å². The Balaban J connectivity index is 1.85. The average molecular weight is 284 g/mol. The largest absolute Gasteiger partial charge is 0.313 e. The van der Waals surface area contributed by atoms with Gasteiger partial charge in [-0.2, -0.15) is 0 Å². The van der Waals surface area contributed by atoms with E-state index in [1.165, 1.54) is 0 Å². The first-order chi connectivity index (χ1) is 8.97. The molecule has 1 aliphatic rings. The van der Waals surface area contributed by atoms with E-state index < -0.39 is 15.3 Å². The minimum absolute atomic E-state index is 0.208. The topological polar surface area (TPSA) is 84.0 Å². The van der Waals surface area contributed by atoms with Crippen LogP contribution in [0.4, 0.5) is 0 Å². The van der Waals surface area contributed by atoms with Crippen LogP contribution in [0.3, 0.4) is 0 Å². The van der Waals surface area contributed by atoms with E-state index in [2.05, 4.69) is 20.0 Å². The van der Waals surface area contributed by atoms with Gasteiger partial charge in [0, 0.05) is 18.8 Å². The lowest BCUT2D eigenvalue weighted by atomic mass is 10.4. The summed E-state index contributed by atoms with van der Waals surface area (Å²) in [6.45, 7) is 4.19. The normalized spacial score (nSPS) is 17.4. The van der Waals surface area contributed by atoms with E-state index in [-0.39, 0.29) is 6.54 Å². The number of nitrogens with zero attached hydrogens (tertiary/aromatic N) is 2. The van der Waals surface area contributed by atoms with Crippen molar-refractivity contribution in [3.8, 4) is 0 Å². The third-order valence-electron chi connectivity index (χ3n) is 3.09. The van der Waals surface area contributed by atoms with Crippen molar-refractivity contribution >= 4 is 10.0 Å². The summed E-state index contributed by atoms with van der Waals surface area (Å²) in [5.74, 6) is 0.639. The maximum atomic E-state index is 12.0. The highest BCUT2D eigenvalue weighted by molar-refractivity contribution is 7.90. The van der Waals surface area contributed by atoms with Crippen molar-refractivity contribution < 1.29 is 8.42 Å². The molecule has 2 rings (SSSR count). The number of hydrogen-bond donors (Lipinski definition) is 2. The molecule has 0 aliphatic heterocycles. The molecule has 0 amide bonds. The summed E-state index contributed by atoms with van der Waals surface area (Å²) in [7, 11) is -3.31. The quantitative estimate of drug-likeness (QED) is 0.754. The molecule has 0 saturated heterocycles. The Bertz CT molecular complexity index is 528. The van der Waals surface area contributed by atoms with E-state index in [1.54, 1.807) is 26.1 Å². The Morgan fingerprint density at radius 3 is 2.84 bits per heavy atom. The highest BCUT2D eigenvalue weighted by Gasteiger charge is 2.25. The maximum absolute atomic E-state index is 12.0. The van der Waals surface area contributed by atoms with Crippen LogP contribution in [0.2, 0.25) is 0 Å². The van der Waals surface area contributed by atoms with Crippen LogP contribution in [-0.2, 0) is 16.6 Å². The highest BCUT2D eigenvalue weighted by Crippen LogP contribution is 2.18. The summed E-state index contributed by atoms with van der Waals surface area (Å²) in [5.41, 5.74) is 0.679. The van der Waals surface area contributed by atoms with Gasteiger partial charge in [0.15, 0.2) is 0 Å². The van der Waals surface area contributed by atoms with Gasteiger partial charge in [-0.1, -0.05) is 0 Å². The van der Waals surface area contributed by atoms with Crippen molar-refractivity contribution in [1.82, 2.24) is 20.0 Å². The van der Waals surface area contributed by atoms with Crippen molar-refractivity contribution in [1.29, 1.82) is 0 Å². The second-order valence-electron chi connectivity index (χ2n) is 4.95. The molecule has 1 aliphatic carbocycles. The lowest BCUT2D eigenvalue weighted by Gasteiger charge is -2.14. The van der Waals surface area contributed by atoms with Crippen LogP contribution < -0.4 is 10.0 Å². The molecular weight excluding hydrogens is 264 g/mol. The SMILES string of the molecule is Cc1nccc(CNS(=O)(=O)C(C)CNC2CC2)n1. The highest BCUT2D eigenvalue weighted by atomic mass is 32.2. The summed E-state index contributed by atoms with van der Waals surface area (Å²) < 4.78 is 26.6. The molecular formula is C12H20N4O2S. The Kier molecular flexibility index (Phi) is 4.49. The molecule has 7 heteroatoms. The third-order valence-corrected chi connectivity index (χ3v) is 4.86. The van der Waals surface area contributed by atoms with Crippen molar-refractivity contribution in [3.63, 3.8) is 0 Å². The molecule has 2 N–H and O–H groups in total. The van der Waals surface area contributed by atoms with Gasteiger partial charge in [0.25, 0.3) is 0 Å². The smallest absolute Gasteiger partial charge is 0.215 e. The van der Waals surface area contributed by atoms with E-state index in [4.69, 9.17) is 0 Å². The van der Waals surface area contributed by atoms with Crippen LogP contribution >= 0.6 is 0 Å². The molecule has 1 aromatic heterocycles. The van der Waals surface area contributed by atoms with Gasteiger partial charge < -0.3 is 5.32 Å². The number of aromatic nitrogens is 2. The fraction of sp³-hybridized carbons (Fsp3) is 0.667. The number of hydrogen-bond acceptors (Lipinski definition) is 5. The first-order valence-corrected chi connectivity index (χ1v) is 8.02. The van der Waals surface area contributed by atoms with E-state index >= 15 is 0 Å².